The van der Waals surface area contributed by atoms with Gasteiger partial charge in [0.25, 0.3) is 0 Å². The van der Waals surface area contributed by atoms with Crippen LogP contribution in [0.25, 0.3) is 0 Å². The Balaban J connectivity index is 2.03. The molecule has 0 spiro atoms. The van der Waals surface area contributed by atoms with Crippen molar-refractivity contribution >= 4 is 17.3 Å². The van der Waals surface area contributed by atoms with Crippen molar-refractivity contribution in [3.05, 3.63) is 42.2 Å². The van der Waals surface area contributed by atoms with Crippen molar-refractivity contribution in [2.75, 3.05) is 10.6 Å². The highest BCUT2D eigenvalue weighted by molar-refractivity contribution is 5.88. The van der Waals surface area contributed by atoms with Gasteiger partial charge in [0.1, 0.15) is 0 Å². The van der Waals surface area contributed by atoms with Crippen LogP contribution in [-0.2, 0) is 11.8 Å². The molecule has 5 nitrogen and oxygen atoms in total. The fourth-order valence-corrected chi connectivity index (χ4v) is 1.99. The number of aromatic nitrogens is 2. The summed E-state index contributed by atoms with van der Waals surface area (Å²) in [5, 5.41) is 10.3. The molecule has 1 unspecified atom stereocenters. The fourth-order valence-electron chi connectivity index (χ4n) is 1.99. The predicted molar refractivity (Wildman–Crippen MR) is 76.0 cm³/mol. The zero-order valence-corrected chi connectivity index (χ0v) is 11.3. The number of benzene rings is 1. The molecule has 2 rings (SSSR count). The third-order valence-electron chi connectivity index (χ3n) is 2.89. The molecule has 0 aliphatic carbocycles. The number of amides is 1. The van der Waals surface area contributed by atoms with Crippen LogP contribution in [-0.4, -0.2) is 15.7 Å². The van der Waals surface area contributed by atoms with E-state index in [1.807, 2.05) is 42.1 Å². The van der Waals surface area contributed by atoms with E-state index in [0.29, 0.717) is 0 Å². The van der Waals surface area contributed by atoms with E-state index >= 15 is 0 Å². The largest absolute Gasteiger partial charge is 0.377 e. The first kappa shape index (κ1) is 13.1. The van der Waals surface area contributed by atoms with Gasteiger partial charge in [0, 0.05) is 31.5 Å². The minimum atomic E-state index is -0.0658. The summed E-state index contributed by atoms with van der Waals surface area (Å²) in [6.07, 6.45) is 1.79. The van der Waals surface area contributed by atoms with E-state index in [0.717, 1.165) is 17.1 Å². The molecule has 1 heterocycles. The first-order valence-corrected chi connectivity index (χ1v) is 6.18. The van der Waals surface area contributed by atoms with Crippen LogP contribution in [0.3, 0.4) is 0 Å². The summed E-state index contributed by atoms with van der Waals surface area (Å²) in [6.45, 7) is 3.58. The number of nitrogens with one attached hydrogen (secondary N) is 2. The van der Waals surface area contributed by atoms with Crippen LogP contribution in [0, 0.1) is 0 Å². The van der Waals surface area contributed by atoms with E-state index in [1.165, 1.54) is 6.92 Å². The van der Waals surface area contributed by atoms with E-state index < -0.39 is 0 Å². The molecule has 1 amide bonds. The quantitative estimate of drug-likeness (QED) is 0.886. The summed E-state index contributed by atoms with van der Waals surface area (Å²) >= 11 is 0. The van der Waals surface area contributed by atoms with Crippen LogP contribution in [0.4, 0.5) is 11.4 Å². The van der Waals surface area contributed by atoms with Crippen molar-refractivity contribution in [2.24, 2.45) is 7.05 Å². The molecule has 0 aliphatic rings. The van der Waals surface area contributed by atoms with Crippen molar-refractivity contribution < 1.29 is 4.79 Å². The summed E-state index contributed by atoms with van der Waals surface area (Å²) in [5.74, 6) is -0.0658. The molecule has 19 heavy (non-hydrogen) atoms. The molecule has 0 aliphatic heterocycles. The Hall–Kier alpha value is -2.30. The topological polar surface area (TPSA) is 59.0 Å². The summed E-state index contributed by atoms with van der Waals surface area (Å²) in [6, 6.07) is 9.79. The lowest BCUT2D eigenvalue weighted by Crippen LogP contribution is -2.11. The van der Waals surface area contributed by atoms with E-state index in [4.69, 9.17) is 0 Å². The van der Waals surface area contributed by atoms with Gasteiger partial charge < -0.3 is 10.6 Å². The van der Waals surface area contributed by atoms with Crippen LogP contribution in [0.2, 0.25) is 0 Å². The van der Waals surface area contributed by atoms with Gasteiger partial charge in [0.2, 0.25) is 5.91 Å². The Kier molecular flexibility index (Phi) is 3.85. The highest BCUT2D eigenvalue weighted by Gasteiger charge is 2.08. The van der Waals surface area contributed by atoms with E-state index in [9.17, 15) is 4.79 Å². The lowest BCUT2D eigenvalue weighted by Gasteiger charge is -2.16. The highest BCUT2D eigenvalue weighted by atomic mass is 16.1. The maximum absolute atomic E-state index is 10.9. The third-order valence-corrected chi connectivity index (χ3v) is 2.89. The summed E-state index contributed by atoms with van der Waals surface area (Å²) in [4.78, 5) is 10.9. The standard InChI is InChI=1S/C14H18N4O/c1-10(14-8-9-15-18(14)3)16-12-4-6-13(7-5-12)17-11(2)19/h4-10,16H,1-3H3,(H,17,19). The minimum absolute atomic E-state index is 0.0658. The molecule has 1 atom stereocenters. The molecule has 0 radical (unpaired) electrons. The van der Waals surface area contributed by atoms with Crippen molar-refractivity contribution in [1.29, 1.82) is 0 Å². The van der Waals surface area contributed by atoms with Gasteiger partial charge >= 0.3 is 0 Å². The number of nitrogens with zero attached hydrogens (tertiary/aromatic N) is 2. The Labute approximate surface area is 112 Å². The second-order valence-corrected chi connectivity index (χ2v) is 4.50. The van der Waals surface area contributed by atoms with Crippen LogP contribution in [0.5, 0.6) is 0 Å². The fraction of sp³-hybridized carbons (Fsp3) is 0.286. The number of carbonyl (C=O) groups excluding carboxylic acids is 1. The number of rotatable bonds is 4. The number of anilines is 2. The molecule has 1 aromatic heterocycles. The maximum Gasteiger partial charge on any atom is 0.221 e. The van der Waals surface area contributed by atoms with Crippen molar-refractivity contribution in [2.45, 2.75) is 19.9 Å². The monoisotopic (exact) mass is 258 g/mol. The van der Waals surface area contributed by atoms with Crippen LogP contribution in [0.15, 0.2) is 36.5 Å². The van der Waals surface area contributed by atoms with Gasteiger partial charge in [-0.25, -0.2) is 0 Å². The normalized spacial score (nSPS) is 11.9. The summed E-state index contributed by atoms with van der Waals surface area (Å²) < 4.78 is 1.85. The third kappa shape index (κ3) is 3.34. The second-order valence-electron chi connectivity index (χ2n) is 4.50. The van der Waals surface area contributed by atoms with Crippen LogP contribution >= 0.6 is 0 Å². The first-order valence-electron chi connectivity index (χ1n) is 6.18. The smallest absolute Gasteiger partial charge is 0.221 e. The van der Waals surface area contributed by atoms with Crippen LogP contribution in [0.1, 0.15) is 25.6 Å². The van der Waals surface area contributed by atoms with Gasteiger partial charge in [-0.1, -0.05) is 0 Å². The zero-order chi connectivity index (χ0) is 13.8. The Morgan fingerprint density at radius 2 is 1.84 bits per heavy atom. The molecule has 2 N–H and O–H groups in total. The SMILES string of the molecule is CC(=O)Nc1ccc(NC(C)c2ccnn2C)cc1. The van der Waals surface area contributed by atoms with Crippen molar-refractivity contribution in [1.82, 2.24) is 9.78 Å². The van der Waals surface area contributed by atoms with Gasteiger partial charge in [-0.3, -0.25) is 9.48 Å². The van der Waals surface area contributed by atoms with Gasteiger partial charge in [-0.05, 0) is 37.3 Å². The van der Waals surface area contributed by atoms with Gasteiger partial charge in [-0.2, -0.15) is 5.10 Å². The average Bonchev–Trinajstić information content (AvgIpc) is 2.77. The predicted octanol–water partition coefficient (Wildman–Crippen LogP) is 2.55. The van der Waals surface area contributed by atoms with Crippen molar-refractivity contribution in [3.63, 3.8) is 0 Å². The molecule has 0 saturated heterocycles. The van der Waals surface area contributed by atoms with E-state index in [2.05, 4.69) is 22.7 Å². The molecule has 100 valence electrons. The number of carbonyl (C=O) groups is 1. The lowest BCUT2D eigenvalue weighted by atomic mass is 10.2. The molecule has 2 aromatic rings. The second kappa shape index (κ2) is 5.56. The highest BCUT2D eigenvalue weighted by Crippen LogP contribution is 2.20. The van der Waals surface area contributed by atoms with Gasteiger partial charge in [0.15, 0.2) is 0 Å². The Morgan fingerprint density at radius 1 is 1.21 bits per heavy atom. The molecular formula is C14H18N4O. The van der Waals surface area contributed by atoms with Gasteiger partial charge in [-0.15, -0.1) is 0 Å². The Bertz CT molecular complexity index is 559. The zero-order valence-electron chi connectivity index (χ0n) is 11.3. The molecule has 0 fully saturated rings. The lowest BCUT2D eigenvalue weighted by molar-refractivity contribution is -0.114. The van der Waals surface area contributed by atoms with Crippen LogP contribution < -0.4 is 10.6 Å². The molecule has 0 saturated carbocycles. The minimum Gasteiger partial charge on any atom is -0.377 e. The van der Waals surface area contributed by atoms with E-state index in [1.54, 1.807) is 6.20 Å². The average molecular weight is 258 g/mol. The molecule has 0 bridgehead atoms. The molecular weight excluding hydrogens is 240 g/mol. The summed E-state index contributed by atoms with van der Waals surface area (Å²) in [7, 11) is 1.92. The van der Waals surface area contributed by atoms with E-state index in [-0.39, 0.29) is 11.9 Å². The maximum atomic E-state index is 10.9. The number of aryl methyl sites for hydroxylation is 1. The summed E-state index contributed by atoms with van der Waals surface area (Å²) in [5.41, 5.74) is 2.92. The van der Waals surface area contributed by atoms with Gasteiger partial charge in [0.05, 0.1) is 11.7 Å². The molecule has 5 heteroatoms. The number of hydrogen-bond acceptors (Lipinski definition) is 3. The Morgan fingerprint density at radius 3 is 2.37 bits per heavy atom. The molecule has 1 aromatic carbocycles. The van der Waals surface area contributed by atoms with Crippen molar-refractivity contribution in [3.8, 4) is 0 Å². The number of hydrogen-bond donors (Lipinski definition) is 2. The first-order chi connectivity index (χ1) is 9.06.